The summed E-state index contributed by atoms with van der Waals surface area (Å²) in [5.74, 6) is -1.15. The zero-order chi connectivity index (χ0) is 15.4. The van der Waals surface area contributed by atoms with Gasteiger partial charge in [-0.05, 0) is 38.5 Å². The number of carboxylic acid groups (broad SMARTS) is 1. The van der Waals surface area contributed by atoms with Gasteiger partial charge in [0.25, 0.3) is 0 Å². The molecule has 0 spiro atoms. The van der Waals surface area contributed by atoms with Gasteiger partial charge in [-0.1, -0.05) is 13.8 Å². The Balaban J connectivity index is 1.80. The molecular formula is C16H24O5. The van der Waals surface area contributed by atoms with E-state index in [0.717, 1.165) is 6.42 Å². The van der Waals surface area contributed by atoms with Gasteiger partial charge in [0.2, 0.25) is 0 Å². The van der Waals surface area contributed by atoms with Crippen molar-refractivity contribution in [3.05, 3.63) is 0 Å². The lowest BCUT2D eigenvalue weighted by atomic mass is 9.47. The van der Waals surface area contributed by atoms with Crippen molar-refractivity contribution >= 4 is 11.9 Å². The molecule has 0 aromatic carbocycles. The molecule has 0 radical (unpaired) electrons. The SMILES string of the molecule is CCC(C)C(=O)OC1C2CC3(O)CC1CC(C(=O)O)(C2)C3. The fraction of sp³-hybridized carbons (Fsp3) is 0.875. The smallest absolute Gasteiger partial charge is 0.309 e. The third-order valence-electron chi connectivity index (χ3n) is 5.91. The molecule has 3 atom stereocenters. The van der Waals surface area contributed by atoms with Crippen molar-refractivity contribution in [2.24, 2.45) is 23.2 Å². The Labute approximate surface area is 124 Å². The molecule has 4 rings (SSSR count). The summed E-state index contributed by atoms with van der Waals surface area (Å²) in [6.07, 6.45) is 3.07. The average Bonchev–Trinajstić information content (AvgIpc) is 2.39. The van der Waals surface area contributed by atoms with Crippen LogP contribution in [0.4, 0.5) is 0 Å². The number of carbonyl (C=O) groups is 2. The van der Waals surface area contributed by atoms with Gasteiger partial charge in [-0.2, -0.15) is 0 Å². The van der Waals surface area contributed by atoms with E-state index in [0.29, 0.717) is 32.1 Å². The topological polar surface area (TPSA) is 83.8 Å². The van der Waals surface area contributed by atoms with Gasteiger partial charge >= 0.3 is 11.9 Å². The number of carboxylic acids is 1. The average molecular weight is 296 g/mol. The van der Waals surface area contributed by atoms with Gasteiger partial charge in [0.15, 0.2) is 0 Å². The van der Waals surface area contributed by atoms with E-state index in [1.54, 1.807) is 0 Å². The maximum Gasteiger partial charge on any atom is 0.309 e. The van der Waals surface area contributed by atoms with Crippen LogP contribution >= 0.6 is 0 Å². The van der Waals surface area contributed by atoms with Gasteiger partial charge < -0.3 is 14.9 Å². The summed E-state index contributed by atoms with van der Waals surface area (Å²) in [7, 11) is 0. The van der Waals surface area contributed by atoms with Gasteiger partial charge in [0, 0.05) is 11.8 Å². The van der Waals surface area contributed by atoms with Gasteiger partial charge in [-0.15, -0.1) is 0 Å². The standard InChI is InChI=1S/C16H24O5/c1-3-9(2)13(17)21-12-10-4-15(14(18)19)5-11(12)7-16(20,6-10)8-15/h9-12,20H,3-8H2,1-2H3,(H,18,19). The monoisotopic (exact) mass is 296 g/mol. The number of aliphatic carboxylic acids is 1. The molecule has 0 aromatic heterocycles. The summed E-state index contributed by atoms with van der Waals surface area (Å²) in [5.41, 5.74) is -1.68. The van der Waals surface area contributed by atoms with Crippen molar-refractivity contribution in [3.8, 4) is 0 Å². The van der Waals surface area contributed by atoms with Crippen molar-refractivity contribution in [1.82, 2.24) is 0 Å². The molecule has 4 fully saturated rings. The van der Waals surface area contributed by atoms with Crippen LogP contribution in [0.5, 0.6) is 0 Å². The molecule has 2 N–H and O–H groups in total. The zero-order valence-electron chi connectivity index (χ0n) is 12.7. The van der Waals surface area contributed by atoms with Crippen LogP contribution in [0.3, 0.4) is 0 Å². The van der Waals surface area contributed by atoms with Crippen molar-refractivity contribution in [2.45, 2.75) is 64.1 Å². The van der Waals surface area contributed by atoms with E-state index in [1.165, 1.54) is 0 Å². The van der Waals surface area contributed by atoms with Crippen LogP contribution < -0.4 is 0 Å². The Morgan fingerprint density at radius 1 is 1.24 bits per heavy atom. The second-order valence-electron chi connectivity index (χ2n) is 7.53. The molecular weight excluding hydrogens is 272 g/mol. The van der Waals surface area contributed by atoms with E-state index in [1.807, 2.05) is 13.8 Å². The highest BCUT2D eigenvalue weighted by Crippen LogP contribution is 2.62. The van der Waals surface area contributed by atoms with E-state index in [4.69, 9.17) is 4.74 Å². The molecule has 5 heteroatoms. The molecule has 118 valence electrons. The van der Waals surface area contributed by atoms with Crippen LogP contribution in [0.15, 0.2) is 0 Å². The highest BCUT2D eigenvalue weighted by atomic mass is 16.5. The van der Waals surface area contributed by atoms with E-state index in [2.05, 4.69) is 0 Å². The Hall–Kier alpha value is -1.10. The number of ether oxygens (including phenoxy) is 1. The van der Waals surface area contributed by atoms with Gasteiger partial charge in [-0.3, -0.25) is 9.59 Å². The molecule has 0 aromatic rings. The molecule has 0 saturated heterocycles. The normalized spacial score (nSPS) is 45.4. The summed E-state index contributed by atoms with van der Waals surface area (Å²) in [6.45, 7) is 3.80. The maximum absolute atomic E-state index is 12.1. The summed E-state index contributed by atoms with van der Waals surface area (Å²) < 4.78 is 5.71. The molecule has 4 saturated carbocycles. The number of esters is 1. The Morgan fingerprint density at radius 3 is 2.29 bits per heavy atom. The molecule has 21 heavy (non-hydrogen) atoms. The summed E-state index contributed by atoms with van der Waals surface area (Å²) in [5, 5.41) is 20.2. The lowest BCUT2D eigenvalue weighted by Gasteiger charge is -2.60. The maximum atomic E-state index is 12.1. The molecule has 5 nitrogen and oxygen atoms in total. The third-order valence-corrected chi connectivity index (χ3v) is 5.91. The predicted octanol–water partition coefficient (Wildman–Crippen LogP) is 1.97. The first-order valence-electron chi connectivity index (χ1n) is 7.95. The highest BCUT2D eigenvalue weighted by Gasteiger charge is 2.64. The first kappa shape index (κ1) is 14.8. The number of rotatable bonds is 4. The fourth-order valence-electron chi connectivity index (χ4n) is 4.92. The van der Waals surface area contributed by atoms with Crippen LogP contribution in [0.1, 0.15) is 52.4 Å². The molecule has 4 aliphatic carbocycles. The van der Waals surface area contributed by atoms with Crippen LogP contribution in [0.25, 0.3) is 0 Å². The van der Waals surface area contributed by atoms with Crippen molar-refractivity contribution in [3.63, 3.8) is 0 Å². The number of hydrogen-bond donors (Lipinski definition) is 2. The van der Waals surface area contributed by atoms with Crippen molar-refractivity contribution in [2.75, 3.05) is 0 Å². The molecule has 4 bridgehead atoms. The number of aliphatic hydroxyl groups is 1. The van der Waals surface area contributed by atoms with E-state index in [-0.39, 0.29) is 29.8 Å². The van der Waals surface area contributed by atoms with E-state index in [9.17, 15) is 19.8 Å². The first-order valence-corrected chi connectivity index (χ1v) is 7.95. The van der Waals surface area contributed by atoms with Crippen molar-refractivity contribution in [1.29, 1.82) is 0 Å². The third kappa shape index (κ3) is 2.26. The molecule has 0 heterocycles. The summed E-state index contributed by atoms with van der Waals surface area (Å²) in [6, 6.07) is 0. The predicted molar refractivity (Wildman–Crippen MR) is 74.4 cm³/mol. The minimum atomic E-state index is -0.872. The minimum absolute atomic E-state index is 0.0136. The Morgan fingerprint density at radius 2 is 1.81 bits per heavy atom. The van der Waals surface area contributed by atoms with Gasteiger partial charge in [0.05, 0.1) is 16.9 Å². The lowest BCUT2D eigenvalue weighted by Crippen LogP contribution is -2.63. The van der Waals surface area contributed by atoms with Gasteiger partial charge in [-0.25, -0.2) is 0 Å². The van der Waals surface area contributed by atoms with Gasteiger partial charge in [0.1, 0.15) is 6.10 Å². The first-order chi connectivity index (χ1) is 9.78. The second-order valence-corrected chi connectivity index (χ2v) is 7.53. The second kappa shape index (κ2) is 4.70. The fourth-order valence-corrected chi connectivity index (χ4v) is 4.92. The molecule has 3 unspecified atom stereocenters. The summed E-state index contributed by atoms with van der Waals surface area (Å²) in [4.78, 5) is 23.7. The van der Waals surface area contributed by atoms with Crippen LogP contribution in [0, 0.1) is 23.2 Å². The van der Waals surface area contributed by atoms with Crippen LogP contribution in [0.2, 0.25) is 0 Å². The summed E-state index contributed by atoms with van der Waals surface area (Å²) >= 11 is 0. The van der Waals surface area contributed by atoms with Crippen LogP contribution in [-0.4, -0.2) is 33.9 Å². The van der Waals surface area contributed by atoms with E-state index < -0.39 is 17.0 Å². The van der Waals surface area contributed by atoms with Crippen LogP contribution in [-0.2, 0) is 14.3 Å². The Bertz CT molecular complexity index is 455. The molecule has 4 aliphatic rings. The van der Waals surface area contributed by atoms with E-state index >= 15 is 0 Å². The Kier molecular flexibility index (Phi) is 3.32. The number of carbonyl (C=O) groups excluding carboxylic acids is 1. The highest BCUT2D eigenvalue weighted by molar-refractivity contribution is 5.76. The zero-order valence-corrected chi connectivity index (χ0v) is 12.7. The molecule has 0 aliphatic heterocycles. The quantitative estimate of drug-likeness (QED) is 0.775. The van der Waals surface area contributed by atoms with Crippen molar-refractivity contribution < 1.29 is 24.5 Å². The molecule has 0 amide bonds. The lowest BCUT2D eigenvalue weighted by molar-refractivity contribution is -0.227. The minimum Gasteiger partial charge on any atom is -0.481 e. The number of hydrogen-bond acceptors (Lipinski definition) is 4. The largest absolute Gasteiger partial charge is 0.481 e.